The molecule has 7 heteroatoms. The molecule has 172 valence electrons. The molecule has 5 nitrogen and oxygen atoms in total. The molecule has 0 bridgehead atoms. The van der Waals surface area contributed by atoms with Crippen LogP contribution in [0.4, 0.5) is 0 Å². The van der Waals surface area contributed by atoms with Crippen molar-refractivity contribution in [2.24, 2.45) is 0 Å². The van der Waals surface area contributed by atoms with Gasteiger partial charge in [0.15, 0.2) is 6.61 Å². The highest BCUT2D eigenvalue weighted by Crippen LogP contribution is 2.24. The molecule has 1 saturated carbocycles. The van der Waals surface area contributed by atoms with Gasteiger partial charge in [-0.1, -0.05) is 61.2 Å². The van der Waals surface area contributed by atoms with E-state index in [4.69, 9.17) is 27.9 Å². The molecule has 3 rings (SSSR count). The fourth-order valence-corrected chi connectivity index (χ4v) is 4.18. The first-order valence-electron chi connectivity index (χ1n) is 11.1. The predicted molar refractivity (Wildman–Crippen MR) is 128 cm³/mol. The number of benzene rings is 2. The van der Waals surface area contributed by atoms with Crippen LogP contribution in [0.3, 0.4) is 0 Å². The van der Waals surface area contributed by atoms with Crippen molar-refractivity contribution in [3.05, 3.63) is 63.6 Å². The molecule has 2 aromatic rings. The molecule has 0 aliphatic heterocycles. The number of ether oxygens (including phenoxy) is 1. The van der Waals surface area contributed by atoms with E-state index in [0.717, 1.165) is 37.7 Å². The zero-order valence-corrected chi connectivity index (χ0v) is 20.1. The third kappa shape index (κ3) is 6.63. The topological polar surface area (TPSA) is 58.6 Å². The quantitative estimate of drug-likeness (QED) is 0.526. The monoisotopic (exact) mass is 476 g/mol. The molecule has 2 aromatic carbocycles. The van der Waals surface area contributed by atoms with Crippen LogP contribution in [0.1, 0.15) is 50.7 Å². The predicted octanol–water partition coefficient (Wildman–Crippen LogP) is 5.41. The molecule has 0 spiro atoms. The summed E-state index contributed by atoms with van der Waals surface area (Å²) < 4.78 is 5.72. The lowest BCUT2D eigenvalue weighted by atomic mass is 10.1. The molecule has 1 N–H and O–H groups in total. The SMILES string of the molecule is CCc1ccc(OCC(=O)N(Cc2ccc(Cl)c(Cl)c2)[C@H](C)C(=O)NC2CCCC2)cc1. The van der Waals surface area contributed by atoms with Crippen LogP contribution in [0.2, 0.25) is 10.0 Å². The Morgan fingerprint density at radius 1 is 1.06 bits per heavy atom. The maximum atomic E-state index is 13.1. The molecule has 2 amide bonds. The highest BCUT2D eigenvalue weighted by Gasteiger charge is 2.28. The number of nitrogens with zero attached hydrogens (tertiary/aromatic N) is 1. The first-order valence-corrected chi connectivity index (χ1v) is 11.9. The molecule has 0 heterocycles. The largest absolute Gasteiger partial charge is 0.484 e. The first-order chi connectivity index (χ1) is 15.4. The number of carbonyl (C=O) groups is 2. The molecule has 0 saturated heterocycles. The molecule has 32 heavy (non-hydrogen) atoms. The summed E-state index contributed by atoms with van der Waals surface area (Å²) in [6, 6.07) is 12.4. The molecule has 0 radical (unpaired) electrons. The molecule has 1 fully saturated rings. The van der Waals surface area contributed by atoms with Crippen LogP contribution >= 0.6 is 23.2 Å². The van der Waals surface area contributed by atoms with Crippen molar-refractivity contribution in [1.29, 1.82) is 0 Å². The Morgan fingerprint density at radius 2 is 1.72 bits per heavy atom. The molecule has 0 aromatic heterocycles. The van der Waals surface area contributed by atoms with Crippen LogP contribution in [-0.2, 0) is 22.6 Å². The average Bonchev–Trinajstić information content (AvgIpc) is 3.31. The molecular formula is C25H30Cl2N2O3. The van der Waals surface area contributed by atoms with E-state index in [1.54, 1.807) is 25.1 Å². The van der Waals surface area contributed by atoms with Crippen molar-refractivity contribution >= 4 is 35.0 Å². The second-order valence-corrected chi connectivity index (χ2v) is 9.04. The number of amides is 2. The van der Waals surface area contributed by atoms with E-state index in [-0.39, 0.29) is 31.0 Å². The Kier molecular flexibility index (Phi) is 8.83. The summed E-state index contributed by atoms with van der Waals surface area (Å²) >= 11 is 12.2. The summed E-state index contributed by atoms with van der Waals surface area (Å²) in [5, 5.41) is 3.94. The van der Waals surface area contributed by atoms with Crippen molar-refractivity contribution in [3.63, 3.8) is 0 Å². The van der Waals surface area contributed by atoms with Gasteiger partial charge in [0.1, 0.15) is 11.8 Å². The van der Waals surface area contributed by atoms with Crippen LogP contribution < -0.4 is 10.1 Å². The van der Waals surface area contributed by atoms with Crippen LogP contribution in [0, 0.1) is 0 Å². The van der Waals surface area contributed by atoms with Gasteiger partial charge in [-0.15, -0.1) is 0 Å². The van der Waals surface area contributed by atoms with Crippen LogP contribution in [0.5, 0.6) is 5.75 Å². The van der Waals surface area contributed by atoms with Crippen LogP contribution in [-0.4, -0.2) is 35.4 Å². The lowest BCUT2D eigenvalue weighted by Gasteiger charge is -2.29. The Labute approximate surface area is 200 Å². The number of nitrogens with one attached hydrogen (secondary N) is 1. The van der Waals surface area contributed by atoms with Gasteiger partial charge in [0.05, 0.1) is 10.0 Å². The summed E-state index contributed by atoms with van der Waals surface area (Å²) in [7, 11) is 0. The third-order valence-electron chi connectivity index (χ3n) is 5.90. The Bertz CT molecular complexity index is 927. The van der Waals surface area contributed by atoms with Crippen LogP contribution in [0.25, 0.3) is 0 Å². The number of halogens is 2. The fourth-order valence-electron chi connectivity index (χ4n) is 3.86. The van der Waals surface area contributed by atoms with Gasteiger partial charge < -0.3 is 15.0 Å². The average molecular weight is 477 g/mol. The summed E-state index contributed by atoms with van der Waals surface area (Å²) in [6.07, 6.45) is 5.14. The number of hydrogen-bond donors (Lipinski definition) is 1. The van der Waals surface area contributed by atoms with E-state index in [1.807, 2.05) is 24.3 Å². The summed E-state index contributed by atoms with van der Waals surface area (Å²) in [6.45, 7) is 3.90. The molecule has 1 aliphatic carbocycles. The highest BCUT2D eigenvalue weighted by molar-refractivity contribution is 6.42. The van der Waals surface area contributed by atoms with Crippen molar-refractivity contribution in [2.75, 3.05) is 6.61 Å². The fraction of sp³-hybridized carbons (Fsp3) is 0.440. The lowest BCUT2D eigenvalue weighted by molar-refractivity contribution is -0.142. The van der Waals surface area contributed by atoms with Crippen LogP contribution in [0.15, 0.2) is 42.5 Å². The normalized spacial score (nSPS) is 14.8. The zero-order valence-electron chi connectivity index (χ0n) is 18.6. The number of carbonyl (C=O) groups excluding carboxylic acids is 2. The van der Waals surface area contributed by atoms with Gasteiger partial charge in [0, 0.05) is 12.6 Å². The third-order valence-corrected chi connectivity index (χ3v) is 6.64. The van der Waals surface area contributed by atoms with Gasteiger partial charge in [-0.2, -0.15) is 0 Å². The number of hydrogen-bond acceptors (Lipinski definition) is 3. The molecule has 1 aliphatic rings. The Hall–Kier alpha value is -2.24. The summed E-state index contributed by atoms with van der Waals surface area (Å²) in [5.74, 6) is 0.190. The Morgan fingerprint density at radius 3 is 2.34 bits per heavy atom. The van der Waals surface area contributed by atoms with E-state index in [2.05, 4.69) is 12.2 Å². The smallest absolute Gasteiger partial charge is 0.261 e. The molecular weight excluding hydrogens is 447 g/mol. The van der Waals surface area contributed by atoms with Gasteiger partial charge in [-0.05, 0) is 61.6 Å². The number of aryl methyl sites for hydroxylation is 1. The zero-order chi connectivity index (χ0) is 23.1. The number of rotatable bonds is 9. The summed E-state index contributed by atoms with van der Waals surface area (Å²) in [4.78, 5) is 27.6. The maximum absolute atomic E-state index is 13.1. The lowest BCUT2D eigenvalue weighted by Crippen LogP contribution is -2.50. The van der Waals surface area contributed by atoms with Gasteiger partial charge in [0.25, 0.3) is 5.91 Å². The summed E-state index contributed by atoms with van der Waals surface area (Å²) in [5.41, 5.74) is 1.99. The van der Waals surface area contributed by atoms with E-state index in [0.29, 0.717) is 15.8 Å². The van der Waals surface area contributed by atoms with Crippen molar-refractivity contribution < 1.29 is 14.3 Å². The second-order valence-electron chi connectivity index (χ2n) is 8.22. The van der Waals surface area contributed by atoms with Gasteiger partial charge >= 0.3 is 0 Å². The van der Waals surface area contributed by atoms with Crippen molar-refractivity contribution in [1.82, 2.24) is 10.2 Å². The van der Waals surface area contributed by atoms with E-state index < -0.39 is 6.04 Å². The first kappa shape index (κ1) is 24.4. The molecule has 0 unspecified atom stereocenters. The van der Waals surface area contributed by atoms with Gasteiger partial charge in [-0.3, -0.25) is 9.59 Å². The van der Waals surface area contributed by atoms with Crippen molar-refractivity contribution in [2.45, 2.75) is 64.6 Å². The minimum atomic E-state index is -0.649. The second kappa shape index (κ2) is 11.6. The highest BCUT2D eigenvalue weighted by atomic mass is 35.5. The molecule has 1 atom stereocenters. The van der Waals surface area contributed by atoms with E-state index in [1.165, 1.54) is 10.5 Å². The maximum Gasteiger partial charge on any atom is 0.261 e. The standard InChI is InChI=1S/C25H30Cl2N2O3/c1-3-18-8-11-21(12-9-18)32-16-24(30)29(15-19-10-13-22(26)23(27)14-19)17(2)25(31)28-20-6-4-5-7-20/h8-14,17,20H,3-7,15-16H2,1-2H3,(H,28,31)/t17-/m1/s1. The van der Waals surface area contributed by atoms with E-state index >= 15 is 0 Å². The minimum absolute atomic E-state index is 0.155. The minimum Gasteiger partial charge on any atom is -0.484 e. The Balaban J connectivity index is 1.71. The van der Waals surface area contributed by atoms with Gasteiger partial charge in [0.2, 0.25) is 5.91 Å². The van der Waals surface area contributed by atoms with Crippen molar-refractivity contribution in [3.8, 4) is 5.75 Å². The van der Waals surface area contributed by atoms with E-state index in [9.17, 15) is 9.59 Å². The van der Waals surface area contributed by atoms with Gasteiger partial charge in [-0.25, -0.2) is 0 Å².